The highest BCUT2D eigenvalue weighted by Crippen LogP contribution is 2.41. The standard InChI is InChI=1S/C41H56N4O5/c1-28(2)41(32-12-17-37(48-7)39(25-32)50-9,20-10-21-45(5)22-19-31-11-16-36(47-6)38(24-31)49-8)27-42-40(46)18-15-33-13-14-34(44-33)26-35-29(3)23-30(4)43-35/h11-14,16-17,23-26,28,43H,10,15,18-22,27H2,1-9H3,(H,42,46). The first-order valence-corrected chi connectivity index (χ1v) is 17.5. The quantitative estimate of drug-likeness (QED) is 0.136. The molecular formula is C41H56N4O5. The zero-order valence-electron chi connectivity index (χ0n) is 31.4. The summed E-state index contributed by atoms with van der Waals surface area (Å²) in [6, 6.07) is 14.4. The monoisotopic (exact) mass is 684 g/mol. The predicted molar refractivity (Wildman–Crippen MR) is 203 cm³/mol. The predicted octanol–water partition coefficient (Wildman–Crippen LogP) is 7.46. The van der Waals surface area contributed by atoms with Crippen molar-refractivity contribution in [1.29, 1.82) is 0 Å². The van der Waals surface area contributed by atoms with Gasteiger partial charge in [-0.05, 0) is 124 Å². The van der Waals surface area contributed by atoms with Gasteiger partial charge in [-0.25, -0.2) is 0 Å². The average molecular weight is 685 g/mol. The number of aryl methyl sites for hydroxylation is 2. The van der Waals surface area contributed by atoms with Crippen molar-refractivity contribution in [3.63, 3.8) is 0 Å². The van der Waals surface area contributed by atoms with Gasteiger partial charge >= 0.3 is 0 Å². The third-order valence-electron chi connectivity index (χ3n) is 9.87. The lowest BCUT2D eigenvalue weighted by Crippen LogP contribution is -2.45. The first-order valence-electron chi connectivity index (χ1n) is 17.5. The van der Waals surface area contributed by atoms with Gasteiger partial charge in [0, 0.05) is 42.0 Å². The molecule has 1 atom stereocenters. The van der Waals surface area contributed by atoms with Gasteiger partial charge in [-0.2, -0.15) is 0 Å². The fraction of sp³-hybridized carbons (Fsp3) is 0.463. The van der Waals surface area contributed by atoms with Gasteiger partial charge < -0.3 is 34.1 Å². The number of aromatic nitrogens is 1. The van der Waals surface area contributed by atoms with Crippen molar-refractivity contribution in [3.8, 4) is 23.0 Å². The van der Waals surface area contributed by atoms with E-state index in [0.29, 0.717) is 30.9 Å². The summed E-state index contributed by atoms with van der Waals surface area (Å²) in [5, 5.41) is 3.31. The van der Waals surface area contributed by atoms with E-state index in [9.17, 15) is 4.79 Å². The molecule has 1 aliphatic heterocycles. The van der Waals surface area contributed by atoms with Gasteiger partial charge in [-0.15, -0.1) is 0 Å². The minimum atomic E-state index is -0.313. The number of ether oxygens (including phenoxy) is 4. The number of allylic oxidation sites excluding steroid dienone is 2. The molecule has 9 nitrogen and oxygen atoms in total. The van der Waals surface area contributed by atoms with Crippen LogP contribution in [0, 0.1) is 19.8 Å². The van der Waals surface area contributed by atoms with Gasteiger partial charge in [0.2, 0.25) is 5.91 Å². The van der Waals surface area contributed by atoms with Crippen LogP contribution in [0.4, 0.5) is 0 Å². The minimum Gasteiger partial charge on any atom is -0.493 e. The van der Waals surface area contributed by atoms with E-state index >= 15 is 0 Å². The van der Waals surface area contributed by atoms with Gasteiger partial charge in [0.1, 0.15) is 0 Å². The summed E-state index contributed by atoms with van der Waals surface area (Å²) in [4.78, 5) is 23.9. The zero-order valence-corrected chi connectivity index (χ0v) is 31.4. The number of hydrogen-bond acceptors (Lipinski definition) is 7. The highest BCUT2D eigenvalue weighted by atomic mass is 16.5. The number of hydrogen-bond donors (Lipinski definition) is 2. The van der Waals surface area contributed by atoms with Crippen LogP contribution >= 0.6 is 0 Å². The van der Waals surface area contributed by atoms with Gasteiger partial charge in [-0.3, -0.25) is 9.79 Å². The molecular weight excluding hydrogens is 628 g/mol. The fourth-order valence-electron chi connectivity index (χ4n) is 6.71. The van der Waals surface area contributed by atoms with Crippen LogP contribution in [-0.2, 0) is 16.6 Å². The molecule has 0 saturated carbocycles. The van der Waals surface area contributed by atoms with Crippen LogP contribution in [0.2, 0.25) is 0 Å². The number of aromatic amines is 1. The topological polar surface area (TPSA) is 97.4 Å². The van der Waals surface area contributed by atoms with Crippen LogP contribution in [0.1, 0.15) is 67.6 Å². The Morgan fingerprint density at radius 2 is 1.58 bits per heavy atom. The molecule has 0 saturated heterocycles. The molecule has 1 aromatic heterocycles. The lowest BCUT2D eigenvalue weighted by atomic mass is 9.68. The molecule has 2 heterocycles. The third kappa shape index (κ3) is 9.81. The van der Waals surface area contributed by atoms with Crippen molar-refractivity contribution < 1.29 is 23.7 Å². The Kier molecular flexibility index (Phi) is 13.7. The summed E-state index contributed by atoms with van der Waals surface area (Å²) in [6.07, 6.45) is 9.78. The van der Waals surface area contributed by atoms with E-state index in [-0.39, 0.29) is 17.2 Å². The number of H-pyrrole nitrogens is 1. The molecule has 3 aromatic rings. The Balaban J connectivity index is 1.41. The second-order valence-corrected chi connectivity index (χ2v) is 13.6. The number of nitrogens with zero attached hydrogens (tertiary/aromatic N) is 2. The highest BCUT2D eigenvalue weighted by molar-refractivity contribution is 6.00. The van der Waals surface area contributed by atoms with E-state index in [4.69, 9.17) is 23.9 Å². The van der Waals surface area contributed by atoms with Gasteiger partial charge in [0.15, 0.2) is 23.0 Å². The summed E-state index contributed by atoms with van der Waals surface area (Å²) in [5.41, 5.74) is 7.21. The Bertz CT molecular complexity index is 1690. The number of aliphatic imine (C=N–C) groups is 1. The Morgan fingerprint density at radius 1 is 0.900 bits per heavy atom. The second kappa shape index (κ2) is 17.9. The number of carbonyl (C=O) groups is 1. The molecule has 2 aromatic carbocycles. The lowest BCUT2D eigenvalue weighted by Gasteiger charge is -2.39. The van der Waals surface area contributed by atoms with Crippen molar-refractivity contribution in [2.24, 2.45) is 10.9 Å². The molecule has 50 heavy (non-hydrogen) atoms. The maximum Gasteiger partial charge on any atom is 0.220 e. The molecule has 0 bridgehead atoms. The van der Waals surface area contributed by atoms with Gasteiger partial charge in [0.05, 0.1) is 34.1 Å². The number of methoxy groups -OCH3 is 4. The van der Waals surface area contributed by atoms with E-state index in [2.05, 4.69) is 73.4 Å². The molecule has 0 spiro atoms. The SMILES string of the molecule is COc1ccc(CCN(C)CCCC(CNC(=O)CCC2=NC(=Cc3[nH]c(C)cc3C)C=C2)(c2ccc(OC)c(OC)c2)C(C)C)cc1OC. The Labute approximate surface area is 298 Å². The van der Waals surface area contributed by atoms with Crippen molar-refractivity contribution in [3.05, 3.63) is 88.4 Å². The molecule has 2 N–H and O–H groups in total. The molecule has 4 rings (SSSR count). The molecule has 1 amide bonds. The number of likely N-dealkylation sites (N-methyl/N-ethyl adjacent to an activating group) is 1. The molecule has 270 valence electrons. The molecule has 0 aliphatic carbocycles. The minimum absolute atomic E-state index is 0.0203. The molecule has 0 radical (unpaired) electrons. The number of rotatable bonds is 19. The summed E-state index contributed by atoms with van der Waals surface area (Å²) < 4.78 is 22.2. The summed E-state index contributed by atoms with van der Waals surface area (Å²) in [7, 11) is 8.79. The normalized spacial score (nSPS) is 14.6. The first kappa shape index (κ1) is 38.3. The van der Waals surface area contributed by atoms with Crippen molar-refractivity contribution >= 4 is 17.7 Å². The van der Waals surface area contributed by atoms with E-state index in [1.807, 2.05) is 37.3 Å². The summed E-state index contributed by atoms with van der Waals surface area (Å²) in [5.74, 6) is 3.13. The highest BCUT2D eigenvalue weighted by Gasteiger charge is 2.36. The van der Waals surface area contributed by atoms with Crippen molar-refractivity contribution in [1.82, 2.24) is 15.2 Å². The largest absolute Gasteiger partial charge is 0.493 e. The van der Waals surface area contributed by atoms with Crippen LogP contribution in [0.15, 0.2) is 65.3 Å². The van der Waals surface area contributed by atoms with E-state index < -0.39 is 0 Å². The van der Waals surface area contributed by atoms with Crippen LogP contribution in [0.25, 0.3) is 6.08 Å². The number of benzene rings is 2. The smallest absolute Gasteiger partial charge is 0.220 e. The van der Waals surface area contributed by atoms with Gasteiger partial charge in [-0.1, -0.05) is 26.0 Å². The third-order valence-corrected chi connectivity index (χ3v) is 9.87. The summed E-state index contributed by atoms with van der Waals surface area (Å²) in [6.45, 7) is 11.0. The lowest BCUT2D eigenvalue weighted by molar-refractivity contribution is -0.121. The van der Waals surface area contributed by atoms with Crippen LogP contribution in [0.3, 0.4) is 0 Å². The fourth-order valence-corrected chi connectivity index (χ4v) is 6.71. The molecule has 1 aliphatic rings. The average Bonchev–Trinajstić information content (AvgIpc) is 3.70. The number of nitrogens with one attached hydrogen (secondary N) is 2. The number of carbonyl (C=O) groups excluding carboxylic acids is 1. The van der Waals surface area contributed by atoms with Crippen LogP contribution in [-0.4, -0.2) is 76.6 Å². The maximum absolute atomic E-state index is 13.4. The van der Waals surface area contributed by atoms with Gasteiger partial charge in [0.25, 0.3) is 0 Å². The Hall–Kier alpha value is -4.50. The zero-order chi connectivity index (χ0) is 36.3. The molecule has 1 unspecified atom stereocenters. The summed E-state index contributed by atoms with van der Waals surface area (Å²) >= 11 is 0. The van der Waals surface area contributed by atoms with Crippen molar-refractivity contribution in [2.75, 3.05) is 55.1 Å². The van der Waals surface area contributed by atoms with Crippen LogP contribution < -0.4 is 24.3 Å². The molecule has 0 fully saturated rings. The molecule has 9 heteroatoms. The van der Waals surface area contributed by atoms with E-state index in [1.54, 1.807) is 28.4 Å². The van der Waals surface area contributed by atoms with E-state index in [1.165, 1.54) is 11.1 Å². The van der Waals surface area contributed by atoms with E-state index in [0.717, 1.165) is 72.2 Å². The van der Waals surface area contributed by atoms with Crippen LogP contribution in [0.5, 0.6) is 23.0 Å². The van der Waals surface area contributed by atoms with Crippen molar-refractivity contribution in [2.45, 2.75) is 65.2 Å². The first-order chi connectivity index (χ1) is 24.0. The number of amides is 1. The maximum atomic E-state index is 13.4. The second-order valence-electron chi connectivity index (χ2n) is 13.6. The Morgan fingerprint density at radius 3 is 2.22 bits per heavy atom.